The SMILES string of the molecule is O=c1[nH]s/c(=N/c2ccc(Cl)cc2)n1C1(c2ccc(Cl)cc2)CC1. The molecule has 0 radical (unpaired) electrons. The van der Waals surface area contributed by atoms with Crippen LogP contribution >= 0.6 is 34.7 Å². The zero-order valence-electron chi connectivity index (χ0n) is 12.5. The van der Waals surface area contributed by atoms with Gasteiger partial charge < -0.3 is 0 Å². The molecule has 1 aliphatic rings. The number of aromatic amines is 1. The molecule has 0 aliphatic heterocycles. The lowest BCUT2D eigenvalue weighted by Gasteiger charge is -2.16. The molecule has 1 aromatic heterocycles. The van der Waals surface area contributed by atoms with Crippen molar-refractivity contribution in [3.8, 4) is 0 Å². The molecule has 1 saturated carbocycles. The highest BCUT2D eigenvalue weighted by Gasteiger charge is 2.48. The molecule has 4 nitrogen and oxygen atoms in total. The molecule has 0 saturated heterocycles. The summed E-state index contributed by atoms with van der Waals surface area (Å²) in [5, 5.41) is 1.34. The highest BCUT2D eigenvalue weighted by Crippen LogP contribution is 2.48. The lowest BCUT2D eigenvalue weighted by Crippen LogP contribution is -2.37. The second-order valence-electron chi connectivity index (χ2n) is 5.75. The van der Waals surface area contributed by atoms with Gasteiger partial charge in [0.05, 0.1) is 11.2 Å². The molecular formula is C17H13Cl2N3OS. The van der Waals surface area contributed by atoms with Gasteiger partial charge in [0.2, 0.25) is 4.80 Å². The minimum Gasteiger partial charge on any atom is -0.259 e. The van der Waals surface area contributed by atoms with Crippen molar-refractivity contribution >= 4 is 40.4 Å². The van der Waals surface area contributed by atoms with Gasteiger partial charge in [0.1, 0.15) is 0 Å². The van der Waals surface area contributed by atoms with Gasteiger partial charge in [0.15, 0.2) is 0 Å². The average molecular weight is 378 g/mol. The molecule has 122 valence electrons. The first-order valence-electron chi connectivity index (χ1n) is 7.46. The monoisotopic (exact) mass is 377 g/mol. The minimum atomic E-state index is -0.330. The Morgan fingerprint density at radius 2 is 1.58 bits per heavy atom. The summed E-state index contributed by atoms with van der Waals surface area (Å²) >= 11 is 13.1. The topological polar surface area (TPSA) is 50.1 Å². The molecule has 0 bridgehead atoms. The summed E-state index contributed by atoms with van der Waals surface area (Å²) in [6.07, 6.45) is 1.81. The van der Waals surface area contributed by atoms with E-state index in [-0.39, 0.29) is 11.2 Å². The lowest BCUT2D eigenvalue weighted by molar-refractivity contribution is 0.535. The normalized spacial score (nSPS) is 16.3. The molecule has 0 amide bonds. The number of aromatic nitrogens is 2. The average Bonchev–Trinajstić information content (AvgIpc) is 3.29. The van der Waals surface area contributed by atoms with Crippen molar-refractivity contribution in [2.45, 2.75) is 18.4 Å². The smallest absolute Gasteiger partial charge is 0.259 e. The summed E-state index contributed by atoms with van der Waals surface area (Å²) in [6, 6.07) is 14.9. The Morgan fingerprint density at radius 3 is 2.17 bits per heavy atom. The third kappa shape index (κ3) is 2.73. The summed E-state index contributed by atoms with van der Waals surface area (Å²) in [5.74, 6) is 0. The summed E-state index contributed by atoms with van der Waals surface area (Å²) in [6.45, 7) is 0. The third-order valence-corrected chi connectivity index (χ3v) is 5.45. The van der Waals surface area contributed by atoms with Gasteiger partial charge in [-0.15, -0.1) is 0 Å². The lowest BCUT2D eigenvalue weighted by atomic mass is 10.1. The molecule has 1 aliphatic carbocycles. The molecule has 2 aromatic carbocycles. The second-order valence-corrected chi connectivity index (χ2v) is 7.40. The quantitative estimate of drug-likeness (QED) is 0.725. The van der Waals surface area contributed by atoms with E-state index in [4.69, 9.17) is 23.2 Å². The Morgan fingerprint density at radius 1 is 1.00 bits per heavy atom. The summed E-state index contributed by atoms with van der Waals surface area (Å²) in [7, 11) is 0. The van der Waals surface area contributed by atoms with Gasteiger partial charge in [0.25, 0.3) is 0 Å². The summed E-state index contributed by atoms with van der Waals surface area (Å²) < 4.78 is 4.56. The number of hydrogen-bond donors (Lipinski definition) is 1. The fourth-order valence-electron chi connectivity index (χ4n) is 2.86. The van der Waals surface area contributed by atoms with Crippen molar-refractivity contribution < 1.29 is 0 Å². The summed E-state index contributed by atoms with van der Waals surface area (Å²) in [5.41, 5.74) is 1.37. The molecule has 7 heteroatoms. The van der Waals surface area contributed by atoms with Crippen LogP contribution in [-0.2, 0) is 5.54 Å². The van der Waals surface area contributed by atoms with E-state index in [0.29, 0.717) is 14.8 Å². The first-order chi connectivity index (χ1) is 11.6. The van der Waals surface area contributed by atoms with Crippen molar-refractivity contribution in [2.75, 3.05) is 0 Å². The van der Waals surface area contributed by atoms with E-state index in [1.165, 1.54) is 11.5 Å². The first kappa shape index (κ1) is 15.7. The van der Waals surface area contributed by atoms with E-state index in [1.807, 2.05) is 36.4 Å². The Balaban J connectivity index is 1.85. The van der Waals surface area contributed by atoms with Crippen LogP contribution in [0.1, 0.15) is 18.4 Å². The van der Waals surface area contributed by atoms with Gasteiger partial charge in [-0.1, -0.05) is 35.3 Å². The number of hydrogen-bond acceptors (Lipinski definition) is 3. The van der Waals surface area contributed by atoms with Crippen molar-refractivity contribution in [3.05, 3.63) is 79.4 Å². The maximum absolute atomic E-state index is 12.4. The Labute approximate surface area is 152 Å². The molecule has 1 fully saturated rings. The Kier molecular flexibility index (Phi) is 3.87. The number of benzene rings is 2. The first-order valence-corrected chi connectivity index (χ1v) is 9.03. The zero-order chi connectivity index (χ0) is 16.7. The fourth-order valence-corrected chi connectivity index (χ4v) is 3.89. The number of nitrogens with zero attached hydrogens (tertiary/aromatic N) is 2. The van der Waals surface area contributed by atoms with Crippen molar-refractivity contribution in [2.24, 2.45) is 4.99 Å². The van der Waals surface area contributed by atoms with Gasteiger partial charge in [0, 0.05) is 10.0 Å². The van der Waals surface area contributed by atoms with Crippen LogP contribution in [0.5, 0.6) is 0 Å². The van der Waals surface area contributed by atoms with Crippen molar-refractivity contribution in [1.29, 1.82) is 0 Å². The van der Waals surface area contributed by atoms with Crippen LogP contribution in [-0.4, -0.2) is 8.94 Å². The predicted octanol–water partition coefficient (Wildman–Crippen LogP) is 4.31. The van der Waals surface area contributed by atoms with E-state index in [2.05, 4.69) is 9.37 Å². The van der Waals surface area contributed by atoms with Crippen LogP contribution in [0.2, 0.25) is 10.0 Å². The van der Waals surface area contributed by atoms with E-state index in [0.717, 1.165) is 24.1 Å². The van der Waals surface area contributed by atoms with Crippen molar-refractivity contribution in [1.82, 2.24) is 8.94 Å². The molecule has 24 heavy (non-hydrogen) atoms. The third-order valence-electron chi connectivity index (χ3n) is 4.21. The van der Waals surface area contributed by atoms with Crippen LogP contribution in [0.4, 0.5) is 5.69 Å². The van der Waals surface area contributed by atoms with Gasteiger partial charge >= 0.3 is 5.69 Å². The molecule has 1 heterocycles. The molecule has 0 spiro atoms. The molecule has 4 rings (SSSR count). The number of nitrogens with one attached hydrogen (secondary N) is 1. The van der Waals surface area contributed by atoms with Crippen LogP contribution in [0.3, 0.4) is 0 Å². The Bertz CT molecular complexity index is 996. The van der Waals surface area contributed by atoms with E-state index in [9.17, 15) is 4.79 Å². The summed E-state index contributed by atoms with van der Waals surface area (Å²) in [4.78, 5) is 17.7. The van der Waals surface area contributed by atoms with E-state index < -0.39 is 0 Å². The van der Waals surface area contributed by atoms with Gasteiger partial charge in [-0.3, -0.25) is 8.94 Å². The van der Waals surface area contributed by atoms with Crippen LogP contribution in [0, 0.1) is 0 Å². The molecule has 0 atom stereocenters. The van der Waals surface area contributed by atoms with Gasteiger partial charge in [-0.2, -0.15) is 0 Å². The Hall–Kier alpha value is -1.82. The number of rotatable bonds is 3. The van der Waals surface area contributed by atoms with Crippen molar-refractivity contribution in [3.63, 3.8) is 0 Å². The highest BCUT2D eigenvalue weighted by molar-refractivity contribution is 7.02. The van der Waals surface area contributed by atoms with Crippen LogP contribution in [0.25, 0.3) is 0 Å². The molecule has 3 aromatic rings. The largest absolute Gasteiger partial charge is 0.337 e. The van der Waals surface area contributed by atoms with Crippen LogP contribution < -0.4 is 10.5 Å². The van der Waals surface area contributed by atoms with Crippen LogP contribution in [0.15, 0.2) is 58.3 Å². The van der Waals surface area contributed by atoms with Gasteiger partial charge in [-0.05, 0) is 66.3 Å². The minimum absolute atomic E-state index is 0.139. The van der Waals surface area contributed by atoms with E-state index in [1.54, 1.807) is 16.7 Å². The predicted molar refractivity (Wildman–Crippen MR) is 97.4 cm³/mol. The van der Waals surface area contributed by atoms with Gasteiger partial charge in [-0.25, -0.2) is 9.79 Å². The van der Waals surface area contributed by atoms with E-state index >= 15 is 0 Å². The number of H-pyrrole nitrogens is 1. The molecule has 0 unspecified atom stereocenters. The second kappa shape index (κ2) is 5.92. The standard InChI is InChI=1S/C17H13Cl2N3OS/c18-12-3-1-11(2-4-12)17(9-10-17)22-15(23)21-24-16(22)20-14-7-5-13(19)6-8-14/h1-8H,9-10H2,(H,21,23)/b20-16+. The maximum atomic E-state index is 12.4. The highest BCUT2D eigenvalue weighted by atomic mass is 35.5. The number of halogens is 2. The maximum Gasteiger partial charge on any atom is 0.337 e. The molecular weight excluding hydrogens is 365 g/mol. The fraction of sp³-hybridized carbons (Fsp3) is 0.176. The molecule has 1 N–H and O–H groups in total. The zero-order valence-corrected chi connectivity index (χ0v) is 14.8.